The lowest BCUT2D eigenvalue weighted by atomic mass is 10.1. The van der Waals surface area contributed by atoms with E-state index >= 15 is 0 Å². The van der Waals surface area contributed by atoms with Gasteiger partial charge >= 0.3 is 0 Å². The summed E-state index contributed by atoms with van der Waals surface area (Å²) in [5.41, 5.74) is 2.59. The molecular formula is C16H26ClN3O. The molecule has 1 aromatic rings. The Balaban J connectivity index is 0.00000220. The number of carbonyl (C=O) groups is 1. The van der Waals surface area contributed by atoms with Crippen LogP contribution in [0.15, 0.2) is 24.3 Å². The minimum atomic E-state index is 0. The lowest BCUT2D eigenvalue weighted by molar-refractivity contribution is -0.132. The van der Waals surface area contributed by atoms with Crippen LogP contribution in [-0.2, 0) is 11.3 Å². The Kier molecular flexibility index (Phi) is 7.72. The second-order valence-corrected chi connectivity index (χ2v) is 5.61. The number of hydrogen-bond donors (Lipinski definition) is 1. The van der Waals surface area contributed by atoms with Crippen molar-refractivity contribution < 1.29 is 4.79 Å². The van der Waals surface area contributed by atoms with Gasteiger partial charge in [0.05, 0.1) is 0 Å². The molecule has 1 N–H and O–H groups in total. The number of halogens is 1. The minimum Gasteiger partial charge on any atom is -0.340 e. The summed E-state index contributed by atoms with van der Waals surface area (Å²) < 4.78 is 0. The van der Waals surface area contributed by atoms with E-state index in [4.69, 9.17) is 0 Å². The van der Waals surface area contributed by atoms with E-state index in [0.29, 0.717) is 6.42 Å². The van der Waals surface area contributed by atoms with Crippen LogP contribution in [0, 0.1) is 6.92 Å². The van der Waals surface area contributed by atoms with Crippen LogP contribution in [0.1, 0.15) is 17.5 Å². The number of carbonyl (C=O) groups excluding carboxylic acids is 1. The summed E-state index contributed by atoms with van der Waals surface area (Å²) in [4.78, 5) is 16.3. The fourth-order valence-corrected chi connectivity index (χ4v) is 2.56. The first kappa shape index (κ1) is 18.0. The SMILES string of the molecule is Cc1cccc(CN(C)CCC(=O)N2CCNCC2)c1.Cl. The van der Waals surface area contributed by atoms with Gasteiger partial charge in [0.1, 0.15) is 0 Å². The van der Waals surface area contributed by atoms with Crippen molar-refractivity contribution in [3.8, 4) is 0 Å². The molecule has 4 nitrogen and oxygen atoms in total. The molecular weight excluding hydrogens is 286 g/mol. The standard InChI is InChI=1S/C16H25N3O.ClH/c1-14-4-3-5-15(12-14)13-18(2)9-6-16(20)19-10-7-17-8-11-19;/h3-5,12,17H,6-11,13H2,1-2H3;1H. The highest BCUT2D eigenvalue weighted by Gasteiger charge is 2.16. The molecule has 1 amide bonds. The maximum Gasteiger partial charge on any atom is 0.223 e. The molecule has 5 heteroatoms. The minimum absolute atomic E-state index is 0. The van der Waals surface area contributed by atoms with E-state index in [1.807, 2.05) is 4.90 Å². The normalized spacial score (nSPS) is 14.9. The van der Waals surface area contributed by atoms with Crippen molar-refractivity contribution in [2.24, 2.45) is 0 Å². The lowest BCUT2D eigenvalue weighted by Crippen LogP contribution is -2.47. The summed E-state index contributed by atoms with van der Waals surface area (Å²) in [6, 6.07) is 8.54. The van der Waals surface area contributed by atoms with Crippen molar-refractivity contribution in [3.63, 3.8) is 0 Å². The summed E-state index contributed by atoms with van der Waals surface area (Å²) in [5.74, 6) is 0.280. The summed E-state index contributed by atoms with van der Waals surface area (Å²) in [7, 11) is 2.08. The number of rotatable bonds is 5. The van der Waals surface area contributed by atoms with E-state index in [9.17, 15) is 4.79 Å². The van der Waals surface area contributed by atoms with Crippen LogP contribution in [0.3, 0.4) is 0 Å². The van der Waals surface area contributed by atoms with Gasteiger partial charge in [0.15, 0.2) is 0 Å². The monoisotopic (exact) mass is 311 g/mol. The maximum absolute atomic E-state index is 12.1. The predicted octanol–water partition coefficient (Wildman–Crippen LogP) is 1.67. The number of nitrogens with zero attached hydrogens (tertiary/aromatic N) is 2. The molecule has 0 saturated carbocycles. The van der Waals surface area contributed by atoms with Gasteiger partial charge < -0.3 is 15.1 Å². The van der Waals surface area contributed by atoms with Gasteiger partial charge in [-0.2, -0.15) is 0 Å². The van der Waals surface area contributed by atoms with Crippen molar-refractivity contribution in [1.29, 1.82) is 0 Å². The first-order valence-electron chi connectivity index (χ1n) is 7.38. The molecule has 2 rings (SSSR count). The summed E-state index contributed by atoms with van der Waals surface area (Å²) in [6.45, 7) is 7.36. The Morgan fingerprint density at radius 1 is 1.33 bits per heavy atom. The van der Waals surface area contributed by atoms with Gasteiger partial charge in [-0.3, -0.25) is 4.79 Å². The Labute approximate surface area is 133 Å². The Bertz CT molecular complexity index is 447. The van der Waals surface area contributed by atoms with Gasteiger partial charge in [-0.1, -0.05) is 29.8 Å². The number of benzene rings is 1. The smallest absolute Gasteiger partial charge is 0.223 e. The molecule has 118 valence electrons. The number of nitrogens with one attached hydrogen (secondary N) is 1. The maximum atomic E-state index is 12.1. The highest BCUT2D eigenvalue weighted by atomic mass is 35.5. The van der Waals surface area contributed by atoms with Gasteiger partial charge in [0.2, 0.25) is 5.91 Å². The highest BCUT2D eigenvalue weighted by molar-refractivity contribution is 5.85. The molecule has 1 fully saturated rings. The van der Waals surface area contributed by atoms with Gasteiger partial charge in [-0.15, -0.1) is 12.4 Å². The average Bonchev–Trinajstić information content (AvgIpc) is 2.46. The molecule has 0 spiro atoms. The van der Waals surface area contributed by atoms with Gasteiger partial charge in [-0.25, -0.2) is 0 Å². The largest absolute Gasteiger partial charge is 0.340 e. The zero-order valence-corrected chi connectivity index (χ0v) is 13.8. The molecule has 21 heavy (non-hydrogen) atoms. The molecule has 0 aliphatic carbocycles. The number of piperazine rings is 1. The van der Waals surface area contributed by atoms with Crippen molar-refractivity contribution in [1.82, 2.24) is 15.1 Å². The van der Waals surface area contributed by atoms with E-state index < -0.39 is 0 Å². The molecule has 1 aliphatic heterocycles. The molecule has 0 atom stereocenters. The first-order valence-corrected chi connectivity index (χ1v) is 7.38. The number of hydrogen-bond acceptors (Lipinski definition) is 3. The van der Waals surface area contributed by atoms with E-state index in [0.717, 1.165) is 39.3 Å². The quantitative estimate of drug-likeness (QED) is 0.898. The molecule has 0 radical (unpaired) electrons. The van der Waals surface area contributed by atoms with Crippen LogP contribution >= 0.6 is 12.4 Å². The Hall–Kier alpha value is -1.10. The number of amides is 1. The van der Waals surface area contributed by atoms with Gasteiger partial charge in [0.25, 0.3) is 0 Å². The molecule has 0 aromatic heterocycles. The summed E-state index contributed by atoms with van der Waals surface area (Å²) in [5, 5.41) is 3.27. The second kappa shape index (κ2) is 9.03. The topological polar surface area (TPSA) is 35.6 Å². The second-order valence-electron chi connectivity index (χ2n) is 5.61. The third kappa shape index (κ3) is 6.04. The van der Waals surface area contributed by atoms with E-state index in [1.54, 1.807) is 0 Å². The fourth-order valence-electron chi connectivity index (χ4n) is 2.56. The molecule has 1 heterocycles. The number of aryl methyl sites for hydroxylation is 1. The first-order chi connectivity index (χ1) is 9.65. The molecule has 0 unspecified atom stereocenters. The molecule has 1 saturated heterocycles. The summed E-state index contributed by atoms with van der Waals surface area (Å²) in [6.07, 6.45) is 0.613. The van der Waals surface area contributed by atoms with Crippen LogP contribution in [0.5, 0.6) is 0 Å². The molecule has 1 aliphatic rings. The van der Waals surface area contributed by atoms with Gasteiger partial charge in [-0.05, 0) is 19.5 Å². The van der Waals surface area contributed by atoms with Crippen LogP contribution in [-0.4, -0.2) is 55.5 Å². The van der Waals surface area contributed by atoms with Crippen LogP contribution in [0.4, 0.5) is 0 Å². The fraction of sp³-hybridized carbons (Fsp3) is 0.562. The van der Waals surface area contributed by atoms with Crippen molar-refractivity contribution in [2.75, 3.05) is 39.8 Å². The Morgan fingerprint density at radius 3 is 2.71 bits per heavy atom. The highest BCUT2D eigenvalue weighted by Crippen LogP contribution is 2.07. The van der Waals surface area contributed by atoms with Crippen molar-refractivity contribution in [3.05, 3.63) is 35.4 Å². The van der Waals surface area contributed by atoms with E-state index in [1.165, 1.54) is 11.1 Å². The molecule has 0 bridgehead atoms. The van der Waals surface area contributed by atoms with E-state index in [2.05, 4.69) is 48.5 Å². The zero-order valence-electron chi connectivity index (χ0n) is 13.0. The third-order valence-electron chi connectivity index (χ3n) is 3.71. The molecule has 1 aromatic carbocycles. The third-order valence-corrected chi connectivity index (χ3v) is 3.71. The van der Waals surface area contributed by atoms with Crippen molar-refractivity contribution >= 4 is 18.3 Å². The zero-order chi connectivity index (χ0) is 14.4. The van der Waals surface area contributed by atoms with Crippen molar-refractivity contribution in [2.45, 2.75) is 19.9 Å². The van der Waals surface area contributed by atoms with Gasteiger partial charge in [0, 0.05) is 45.7 Å². The van der Waals surface area contributed by atoms with Crippen LogP contribution < -0.4 is 5.32 Å². The lowest BCUT2D eigenvalue weighted by Gasteiger charge is -2.28. The van der Waals surface area contributed by atoms with E-state index in [-0.39, 0.29) is 18.3 Å². The predicted molar refractivity (Wildman–Crippen MR) is 88.8 cm³/mol. The summed E-state index contributed by atoms with van der Waals surface area (Å²) >= 11 is 0. The Morgan fingerprint density at radius 2 is 2.05 bits per heavy atom. The van der Waals surface area contributed by atoms with Crippen LogP contribution in [0.2, 0.25) is 0 Å². The van der Waals surface area contributed by atoms with Crippen LogP contribution in [0.25, 0.3) is 0 Å². The average molecular weight is 312 g/mol.